The summed E-state index contributed by atoms with van der Waals surface area (Å²) in [6.45, 7) is 0. The van der Waals surface area contributed by atoms with Gasteiger partial charge in [-0.15, -0.1) is 11.3 Å². The summed E-state index contributed by atoms with van der Waals surface area (Å²) in [5.41, 5.74) is 0. The van der Waals surface area contributed by atoms with E-state index in [1.165, 1.54) is 10.9 Å². The first-order chi connectivity index (χ1) is 6.36. The molecule has 13 heavy (non-hydrogen) atoms. The predicted molar refractivity (Wildman–Crippen MR) is 50.9 cm³/mol. The third-order valence-corrected chi connectivity index (χ3v) is 2.57. The van der Waals surface area contributed by atoms with Crippen LogP contribution < -0.4 is 0 Å². The lowest BCUT2D eigenvalue weighted by molar-refractivity contribution is 0.0915. The molecule has 0 amide bonds. The summed E-state index contributed by atoms with van der Waals surface area (Å²) in [6.07, 6.45) is 5.24. The van der Waals surface area contributed by atoms with Crippen LogP contribution in [0.2, 0.25) is 0 Å². The summed E-state index contributed by atoms with van der Waals surface area (Å²) in [5, 5.41) is 1.97. The Labute approximate surface area is 79.7 Å². The fourth-order valence-electron chi connectivity index (χ4n) is 1.06. The number of rotatable bonds is 2. The Kier molecular flexibility index (Phi) is 2.23. The molecule has 0 atom stereocenters. The van der Waals surface area contributed by atoms with Crippen LogP contribution in [0.3, 0.4) is 0 Å². The second-order valence-electron chi connectivity index (χ2n) is 2.62. The van der Waals surface area contributed by atoms with Gasteiger partial charge < -0.3 is 0 Å². The Morgan fingerprint density at radius 3 is 3.15 bits per heavy atom. The molecule has 0 bridgehead atoms. The summed E-state index contributed by atoms with van der Waals surface area (Å²) >= 11 is 1.59. The van der Waals surface area contributed by atoms with Crippen LogP contribution in [0.5, 0.6) is 0 Å². The molecule has 4 heteroatoms. The van der Waals surface area contributed by atoms with Crippen LogP contribution in [0.4, 0.5) is 0 Å². The highest BCUT2D eigenvalue weighted by Crippen LogP contribution is 2.09. The molecule has 0 unspecified atom stereocenters. The van der Waals surface area contributed by atoms with E-state index in [4.69, 9.17) is 0 Å². The van der Waals surface area contributed by atoms with E-state index in [2.05, 4.69) is 4.98 Å². The van der Waals surface area contributed by atoms with E-state index >= 15 is 0 Å². The molecule has 2 heterocycles. The summed E-state index contributed by atoms with van der Waals surface area (Å²) in [7, 11) is 0. The zero-order valence-corrected chi connectivity index (χ0v) is 7.70. The number of aromatic nitrogens is 2. The largest absolute Gasteiger partial charge is 0.276 e. The number of carbonyl (C=O) groups excluding carboxylic acids is 1. The molecule has 0 aliphatic heterocycles. The average Bonchev–Trinajstić information content (AvgIpc) is 2.74. The number of carbonyl (C=O) groups is 1. The van der Waals surface area contributed by atoms with Gasteiger partial charge in [0.2, 0.25) is 5.91 Å². The molecule has 2 aromatic rings. The molecule has 0 saturated heterocycles. The molecule has 0 fully saturated rings. The molecular weight excluding hydrogens is 184 g/mol. The fraction of sp³-hybridized carbons (Fsp3) is 0.111. The van der Waals surface area contributed by atoms with E-state index < -0.39 is 0 Å². The monoisotopic (exact) mass is 192 g/mol. The third kappa shape index (κ3) is 1.84. The van der Waals surface area contributed by atoms with Crippen LogP contribution in [0, 0.1) is 0 Å². The Morgan fingerprint density at radius 1 is 1.62 bits per heavy atom. The van der Waals surface area contributed by atoms with E-state index in [1.54, 1.807) is 23.7 Å². The van der Waals surface area contributed by atoms with E-state index in [-0.39, 0.29) is 5.91 Å². The van der Waals surface area contributed by atoms with Crippen LogP contribution >= 0.6 is 11.3 Å². The minimum atomic E-state index is 0.0555. The van der Waals surface area contributed by atoms with Gasteiger partial charge in [-0.3, -0.25) is 9.36 Å². The van der Waals surface area contributed by atoms with Crippen molar-refractivity contribution in [2.24, 2.45) is 0 Å². The summed E-state index contributed by atoms with van der Waals surface area (Å²) < 4.78 is 1.50. The summed E-state index contributed by atoms with van der Waals surface area (Å²) in [4.78, 5) is 16.4. The second-order valence-corrected chi connectivity index (χ2v) is 3.65. The van der Waals surface area contributed by atoms with Crippen LogP contribution in [-0.4, -0.2) is 15.5 Å². The van der Waals surface area contributed by atoms with E-state index in [1.807, 2.05) is 17.5 Å². The summed E-state index contributed by atoms with van der Waals surface area (Å²) in [6, 6.07) is 3.90. The molecule has 0 radical (unpaired) electrons. The minimum absolute atomic E-state index is 0.0555. The Hall–Kier alpha value is -1.42. The molecule has 2 aromatic heterocycles. The Bertz CT molecular complexity index is 378. The highest BCUT2D eigenvalue weighted by atomic mass is 32.1. The first kappa shape index (κ1) is 8.19. The SMILES string of the molecule is O=C(Cc1cccs1)n1ccnc1. The summed E-state index contributed by atoms with van der Waals surface area (Å²) in [5.74, 6) is 0.0555. The van der Waals surface area contributed by atoms with Crippen molar-refractivity contribution in [2.75, 3.05) is 0 Å². The van der Waals surface area contributed by atoms with Crippen LogP contribution in [-0.2, 0) is 6.42 Å². The number of imidazole rings is 1. The number of hydrogen-bond donors (Lipinski definition) is 0. The van der Waals surface area contributed by atoms with Crippen LogP contribution in [0.25, 0.3) is 0 Å². The maximum Gasteiger partial charge on any atom is 0.237 e. The average molecular weight is 192 g/mol. The minimum Gasteiger partial charge on any atom is -0.276 e. The number of hydrogen-bond acceptors (Lipinski definition) is 3. The van der Waals surface area contributed by atoms with Gasteiger partial charge in [-0.1, -0.05) is 6.07 Å². The van der Waals surface area contributed by atoms with Gasteiger partial charge in [0.25, 0.3) is 0 Å². The number of thiophene rings is 1. The molecule has 0 aromatic carbocycles. The van der Waals surface area contributed by atoms with Gasteiger partial charge in [0, 0.05) is 17.3 Å². The van der Waals surface area contributed by atoms with Crippen molar-refractivity contribution < 1.29 is 4.79 Å². The van der Waals surface area contributed by atoms with Crippen molar-refractivity contribution >= 4 is 17.2 Å². The van der Waals surface area contributed by atoms with E-state index in [0.29, 0.717) is 6.42 Å². The Balaban J connectivity index is 2.08. The molecule has 2 rings (SSSR count). The normalized spacial score (nSPS) is 10.2. The quantitative estimate of drug-likeness (QED) is 0.727. The zero-order valence-electron chi connectivity index (χ0n) is 6.88. The maximum atomic E-state index is 11.5. The molecular formula is C9H8N2OS. The van der Waals surface area contributed by atoms with Gasteiger partial charge in [-0.05, 0) is 11.4 Å². The Morgan fingerprint density at radius 2 is 2.54 bits per heavy atom. The third-order valence-electron chi connectivity index (χ3n) is 1.70. The second kappa shape index (κ2) is 3.53. The van der Waals surface area contributed by atoms with Gasteiger partial charge in [-0.25, -0.2) is 4.98 Å². The zero-order chi connectivity index (χ0) is 9.10. The van der Waals surface area contributed by atoms with Crippen molar-refractivity contribution in [1.82, 2.24) is 9.55 Å². The standard InChI is InChI=1S/C9H8N2OS/c12-9(11-4-3-10-7-11)6-8-2-1-5-13-8/h1-5,7H,6H2. The van der Waals surface area contributed by atoms with Gasteiger partial charge in [-0.2, -0.15) is 0 Å². The highest BCUT2D eigenvalue weighted by molar-refractivity contribution is 7.10. The van der Waals surface area contributed by atoms with Gasteiger partial charge in [0.1, 0.15) is 6.33 Å². The van der Waals surface area contributed by atoms with E-state index in [0.717, 1.165) is 4.88 Å². The smallest absolute Gasteiger partial charge is 0.237 e. The molecule has 66 valence electrons. The molecule has 0 spiro atoms. The molecule has 0 N–H and O–H groups in total. The van der Waals surface area contributed by atoms with Gasteiger partial charge in [0.05, 0.1) is 6.42 Å². The lowest BCUT2D eigenvalue weighted by atomic mass is 10.3. The van der Waals surface area contributed by atoms with Crippen LogP contribution in [0.15, 0.2) is 36.2 Å². The van der Waals surface area contributed by atoms with Gasteiger partial charge in [0.15, 0.2) is 0 Å². The first-order valence-electron chi connectivity index (χ1n) is 3.90. The molecule has 0 saturated carbocycles. The van der Waals surface area contributed by atoms with E-state index in [9.17, 15) is 4.79 Å². The lowest BCUT2D eigenvalue weighted by Crippen LogP contribution is -2.10. The maximum absolute atomic E-state index is 11.5. The molecule has 0 aliphatic rings. The van der Waals surface area contributed by atoms with Crippen LogP contribution in [0.1, 0.15) is 9.67 Å². The van der Waals surface area contributed by atoms with Gasteiger partial charge >= 0.3 is 0 Å². The predicted octanol–water partition coefficient (Wildman–Crippen LogP) is 1.83. The first-order valence-corrected chi connectivity index (χ1v) is 4.78. The van der Waals surface area contributed by atoms with Crippen molar-refractivity contribution in [2.45, 2.75) is 6.42 Å². The molecule has 3 nitrogen and oxygen atoms in total. The highest BCUT2D eigenvalue weighted by Gasteiger charge is 2.05. The van der Waals surface area contributed by atoms with Crippen molar-refractivity contribution in [3.63, 3.8) is 0 Å². The lowest BCUT2D eigenvalue weighted by Gasteiger charge is -1.97. The number of nitrogens with zero attached hydrogens (tertiary/aromatic N) is 2. The van der Waals surface area contributed by atoms with Crippen molar-refractivity contribution in [1.29, 1.82) is 0 Å². The van der Waals surface area contributed by atoms with Crippen molar-refractivity contribution in [3.05, 3.63) is 41.1 Å². The van der Waals surface area contributed by atoms with Crippen molar-refractivity contribution in [3.8, 4) is 0 Å². The topological polar surface area (TPSA) is 34.9 Å². The molecule has 0 aliphatic carbocycles. The fourth-order valence-corrected chi connectivity index (χ4v) is 1.76.